The second-order valence-electron chi connectivity index (χ2n) is 24.3. The third-order valence-corrected chi connectivity index (χ3v) is 25.6. The van der Waals surface area contributed by atoms with E-state index in [1.807, 2.05) is 0 Å². The van der Waals surface area contributed by atoms with Crippen LogP contribution in [0.2, 0.25) is 0 Å². The molecule has 0 heterocycles. The van der Waals surface area contributed by atoms with Crippen LogP contribution in [0.5, 0.6) is 0 Å². The summed E-state index contributed by atoms with van der Waals surface area (Å²) in [6.45, 7) is 15.9. The quantitative estimate of drug-likeness (QED) is 0.0454. The number of hydrogen-bond acceptors (Lipinski definition) is 2. The van der Waals surface area contributed by atoms with E-state index < -0.39 is 10.9 Å². The molecule has 4 aliphatic carbocycles. The number of hydrogen-bond donors (Lipinski definition) is 0. The molecular formula is C72H97BrKO2P. The van der Waals surface area contributed by atoms with Crippen LogP contribution < -0.4 is 72.4 Å². The Morgan fingerprint density at radius 1 is 0.494 bits per heavy atom. The fourth-order valence-corrected chi connectivity index (χ4v) is 18.1. The molecule has 410 valence electrons. The normalized spacial score (nSPS) is 24.2. The van der Waals surface area contributed by atoms with Crippen LogP contribution in [0.4, 0.5) is 0 Å². The van der Waals surface area contributed by atoms with Gasteiger partial charge < -0.3 is 9.90 Å². The second-order valence-corrected chi connectivity index (χ2v) is 34.1. The third-order valence-electron chi connectivity index (χ3n) is 17.3. The first-order valence-electron chi connectivity index (χ1n) is 29.9. The van der Waals surface area contributed by atoms with Crippen molar-refractivity contribution < 1.29 is 61.3 Å². The minimum atomic E-state index is -2.56. The maximum Gasteiger partial charge on any atom is 1.00 e. The summed E-state index contributed by atoms with van der Waals surface area (Å²) in [5.41, 5.74) is 4.96. The van der Waals surface area contributed by atoms with Gasteiger partial charge in [-0.15, -0.1) is 12.2 Å². The van der Waals surface area contributed by atoms with Crippen LogP contribution in [0.15, 0.2) is 164 Å². The standard InChI is InChI=1S/C25H36.C24H34O.C19H18BrP.C4H9O.K/c1-3-5-21-6-8-22(9-7-21)10-11-23-14-18-25(19-15-23)24-16-12-20(4-2)13-17-24;1-2-3-19-4-6-20(7-5-19)8-9-21-10-14-23(15-11-21)24-16-12-22(18-25)13-17-24;1-21(20,17-11-5-2-6-12-17,18-13-7-3-8-14-18)19-15-9-4-10-16-19;1-4(2,3)5;/h4,10-11,14-15,18-22,24H,2-3,5-9,12-13,16-17H2,1H3;8-11,14-15,18-20,22,24H,2-7,12-13,16-17H2,1H3;2-16H,1H3;1-3H3;/q;;;-1;+1. The zero-order valence-electron chi connectivity index (χ0n) is 48.9. The van der Waals surface area contributed by atoms with Crippen LogP contribution in [0.3, 0.4) is 0 Å². The molecule has 9 rings (SSSR count). The fraction of sp³-hybridized carbons (Fsp3) is 0.486. The van der Waals surface area contributed by atoms with Crippen LogP contribution in [-0.2, 0) is 4.79 Å². The van der Waals surface area contributed by atoms with Crippen molar-refractivity contribution in [2.24, 2.45) is 35.5 Å². The second kappa shape index (κ2) is 33.4. The van der Waals surface area contributed by atoms with Crippen molar-refractivity contribution >= 4 is 55.1 Å². The number of aldehydes is 1. The summed E-state index contributed by atoms with van der Waals surface area (Å²) in [5.74, 6) is 6.07. The van der Waals surface area contributed by atoms with E-state index in [4.69, 9.17) is 0 Å². The van der Waals surface area contributed by atoms with E-state index in [1.165, 1.54) is 148 Å². The van der Waals surface area contributed by atoms with Gasteiger partial charge in [0, 0.05) is 5.92 Å². The van der Waals surface area contributed by atoms with Gasteiger partial charge in [0.25, 0.3) is 0 Å². The molecule has 5 aromatic carbocycles. The number of halogens is 1. The summed E-state index contributed by atoms with van der Waals surface area (Å²) < 4.78 is 0. The Balaban J connectivity index is 0.000000203. The molecule has 0 radical (unpaired) electrons. The first-order chi connectivity index (χ1) is 36.7. The molecule has 4 aliphatic rings. The van der Waals surface area contributed by atoms with Crippen molar-refractivity contribution in [1.29, 1.82) is 0 Å². The van der Waals surface area contributed by atoms with Crippen LogP contribution >= 0.6 is 20.8 Å². The molecule has 5 aromatic rings. The van der Waals surface area contributed by atoms with Crippen LogP contribution in [0, 0.1) is 35.5 Å². The number of carbonyl (C=O) groups excluding carboxylic acids is 1. The average molecular weight is 1140 g/mol. The monoisotopic (exact) mass is 1140 g/mol. The van der Waals surface area contributed by atoms with Crippen molar-refractivity contribution in [2.45, 2.75) is 180 Å². The van der Waals surface area contributed by atoms with E-state index >= 15 is 0 Å². The minimum Gasteiger partial charge on any atom is 1.00 e. The summed E-state index contributed by atoms with van der Waals surface area (Å²) in [5, 5.41) is 11.6. The predicted molar refractivity (Wildman–Crippen MR) is 337 cm³/mol. The number of allylic oxidation sites excluding steroid dienone is 3. The largest absolute Gasteiger partial charge is 1.00 e. The van der Waals surface area contributed by atoms with E-state index in [0.717, 1.165) is 54.6 Å². The molecule has 0 saturated heterocycles. The number of carbonyl (C=O) groups is 1. The molecule has 0 aromatic heterocycles. The van der Waals surface area contributed by atoms with E-state index in [9.17, 15) is 9.90 Å². The molecule has 5 heteroatoms. The summed E-state index contributed by atoms with van der Waals surface area (Å²) in [7, 11) is 0. The van der Waals surface area contributed by atoms with Crippen LogP contribution in [0.25, 0.3) is 12.2 Å². The third kappa shape index (κ3) is 21.1. The van der Waals surface area contributed by atoms with Gasteiger partial charge in [0.1, 0.15) is 6.29 Å². The SMILES string of the molecule is C=CC1CCC(c2ccc(C=CC3CCC(CCC)CC3)cc2)CC1.CC(C)(C)[O-].CCCC1CCC(C=Cc2ccc(C3CCC(C=O)CC3)cc2)CC1.CP(Br)(c1ccccc1)(c1ccccc1)c1ccccc1.[K+]. The van der Waals surface area contributed by atoms with Gasteiger partial charge in [0.15, 0.2) is 0 Å². The van der Waals surface area contributed by atoms with E-state index in [2.05, 4.69) is 212 Å². The van der Waals surface area contributed by atoms with Crippen molar-refractivity contribution in [3.05, 3.63) is 187 Å². The molecule has 0 atom stereocenters. The fourth-order valence-electron chi connectivity index (χ4n) is 12.5. The van der Waals surface area contributed by atoms with Crippen molar-refractivity contribution in [1.82, 2.24) is 0 Å². The molecular weight excluding hydrogens is 1050 g/mol. The Morgan fingerprint density at radius 2 is 0.792 bits per heavy atom. The molecule has 0 N–H and O–H groups in total. The van der Waals surface area contributed by atoms with Gasteiger partial charge >= 0.3 is 186 Å². The summed E-state index contributed by atoms with van der Waals surface area (Å²) in [6.07, 6.45) is 39.5. The Labute approximate surface area is 520 Å². The average Bonchev–Trinajstić information content (AvgIpc) is 3.47. The zero-order chi connectivity index (χ0) is 54.3. The Morgan fingerprint density at radius 3 is 1.08 bits per heavy atom. The number of benzene rings is 5. The van der Waals surface area contributed by atoms with Crippen molar-refractivity contribution in [2.75, 3.05) is 6.66 Å². The van der Waals surface area contributed by atoms with Gasteiger partial charge in [-0.2, -0.15) is 0 Å². The maximum absolute atomic E-state index is 10.9. The number of rotatable bonds is 15. The van der Waals surface area contributed by atoms with Crippen molar-refractivity contribution in [3.8, 4) is 0 Å². The Bertz CT molecular complexity index is 2230. The van der Waals surface area contributed by atoms with Gasteiger partial charge in [-0.05, 0) is 166 Å². The first-order valence-corrected chi connectivity index (χ1v) is 34.6. The van der Waals surface area contributed by atoms with Gasteiger partial charge in [0.2, 0.25) is 0 Å². The van der Waals surface area contributed by atoms with E-state index in [1.54, 1.807) is 26.3 Å². The van der Waals surface area contributed by atoms with Gasteiger partial charge in [-0.25, -0.2) is 0 Å². The summed E-state index contributed by atoms with van der Waals surface area (Å²) in [4.78, 5) is 10.9. The van der Waals surface area contributed by atoms with Crippen LogP contribution in [-0.4, -0.2) is 18.6 Å². The smallest absolute Gasteiger partial charge is 1.00 e. The molecule has 0 amide bonds. The molecule has 4 saturated carbocycles. The topological polar surface area (TPSA) is 40.1 Å². The molecule has 2 nitrogen and oxygen atoms in total. The summed E-state index contributed by atoms with van der Waals surface area (Å²) >= 11 is 4.24. The zero-order valence-corrected chi connectivity index (χ0v) is 54.5. The maximum atomic E-state index is 10.9. The molecule has 0 bridgehead atoms. The van der Waals surface area contributed by atoms with Gasteiger partial charge in [-0.3, -0.25) is 0 Å². The van der Waals surface area contributed by atoms with Crippen molar-refractivity contribution in [3.63, 3.8) is 0 Å². The van der Waals surface area contributed by atoms with Gasteiger partial charge in [0.05, 0.1) is 0 Å². The molecule has 4 fully saturated rings. The minimum absolute atomic E-state index is 0. The predicted octanol–water partition coefficient (Wildman–Crippen LogP) is 16.2. The van der Waals surface area contributed by atoms with E-state index in [0.29, 0.717) is 11.8 Å². The van der Waals surface area contributed by atoms with E-state index in [-0.39, 0.29) is 51.4 Å². The molecule has 0 aliphatic heterocycles. The molecule has 0 unspecified atom stereocenters. The first kappa shape index (κ1) is 65.3. The summed E-state index contributed by atoms with van der Waals surface area (Å²) in [6, 6.07) is 50.9. The van der Waals surface area contributed by atoms with Gasteiger partial charge in [-0.1, -0.05) is 139 Å². The Hall–Kier alpha value is -2.50. The van der Waals surface area contributed by atoms with Crippen LogP contribution in [0.1, 0.15) is 197 Å². The molecule has 77 heavy (non-hydrogen) atoms. The molecule has 0 spiro atoms. The Kier molecular flexibility index (Phi) is 28.4.